The number of nitrogen functional groups attached to an aromatic ring is 1. The molecule has 0 bridgehead atoms. The zero-order valence-corrected chi connectivity index (χ0v) is 9.85. The van der Waals surface area contributed by atoms with Gasteiger partial charge in [-0.3, -0.25) is 10.1 Å². The first-order valence-corrected chi connectivity index (χ1v) is 5.44. The number of amidine groups is 1. The van der Waals surface area contributed by atoms with E-state index in [9.17, 15) is 4.39 Å². The summed E-state index contributed by atoms with van der Waals surface area (Å²) in [6, 6.07) is 3.86. The van der Waals surface area contributed by atoms with Gasteiger partial charge in [0.25, 0.3) is 0 Å². The molecule has 0 spiro atoms. The number of benzene rings is 1. The summed E-state index contributed by atoms with van der Waals surface area (Å²) in [7, 11) is 0. The number of hydrogen-bond acceptors (Lipinski definition) is 3. The second kappa shape index (κ2) is 4.87. The van der Waals surface area contributed by atoms with E-state index in [1.54, 1.807) is 17.1 Å². The molecule has 0 aliphatic carbocycles. The van der Waals surface area contributed by atoms with Gasteiger partial charge >= 0.3 is 0 Å². The third-order valence-corrected chi connectivity index (χ3v) is 2.39. The molecule has 1 aromatic heterocycles. The molecule has 0 atom stereocenters. The van der Waals surface area contributed by atoms with Crippen LogP contribution in [-0.2, 0) is 6.54 Å². The lowest BCUT2D eigenvalue weighted by atomic mass is 10.2. The summed E-state index contributed by atoms with van der Waals surface area (Å²) in [5.74, 6) is 0.148. The third-order valence-electron chi connectivity index (χ3n) is 2.39. The van der Waals surface area contributed by atoms with E-state index in [2.05, 4.69) is 5.10 Å². The molecule has 0 aliphatic heterocycles. The highest BCUT2D eigenvalue weighted by atomic mass is 19.1. The summed E-state index contributed by atoms with van der Waals surface area (Å²) in [6.45, 7) is 2.68. The number of nitrogens with zero attached hydrogens (tertiary/aromatic N) is 2. The smallest absolute Gasteiger partial charge is 0.165 e. The van der Waals surface area contributed by atoms with Crippen molar-refractivity contribution < 1.29 is 9.13 Å². The van der Waals surface area contributed by atoms with Crippen LogP contribution in [0.3, 0.4) is 0 Å². The van der Waals surface area contributed by atoms with Crippen molar-refractivity contribution in [1.82, 2.24) is 9.78 Å². The highest BCUT2D eigenvalue weighted by Gasteiger charge is 2.10. The first kappa shape index (κ1) is 12.1. The number of nitrogens with two attached hydrogens (primary N) is 1. The van der Waals surface area contributed by atoms with E-state index < -0.39 is 5.82 Å². The van der Waals surface area contributed by atoms with Gasteiger partial charge in [0.05, 0.1) is 18.0 Å². The van der Waals surface area contributed by atoms with Crippen LogP contribution in [-0.4, -0.2) is 15.6 Å². The van der Waals surface area contributed by atoms with E-state index in [1.807, 2.05) is 6.92 Å². The molecule has 2 rings (SSSR count). The van der Waals surface area contributed by atoms with Crippen molar-refractivity contribution in [2.45, 2.75) is 13.5 Å². The molecule has 0 saturated carbocycles. The van der Waals surface area contributed by atoms with Gasteiger partial charge < -0.3 is 10.5 Å². The molecule has 0 fully saturated rings. The molecule has 0 unspecified atom stereocenters. The number of aryl methyl sites for hydroxylation is 1. The summed E-state index contributed by atoms with van der Waals surface area (Å²) in [5.41, 5.74) is 5.61. The van der Waals surface area contributed by atoms with Gasteiger partial charge in [0, 0.05) is 6.54 Å². The Balaban J connectivity index is 2.30. The number of halogens is 1. The Bertz CT molecular complexity index is 579. The van der Waals surface area contributed by atoms with E-state index in [4.69, 9.17) is 15.9 Å². The molecule has 0 radical (unpaired) electrons. The molecule has 0 aliphatic rings. The Morgan fingerprint density at radius 3 is 2.94 bits per heavy atom. The fourth-order valence-corrected chi connectivity index (χ4v) is 1.50. The monoisotopic (exact) mass is 248 g/mol. The van der Waals surface area contributed by atoms with Gasteiger partial charge in [-0.05, 0) is 25.1 Å². The minimum atomic E-state index is -0.461. The van der Waals surface area contributed by atoms with Crippen LogP contribution in [0.2, 0.25) is 0 Å². The fourth-order valence-electron chi connectivity index (χ4n) is 1.50. The molecule has 5 nitrogen and oxygen atoms in total. The second-order valence-electron chi connectivity index (χ2n) is 3.69. The summed E-state index contributed by atoms with van der Waals surface area (Å²) >= 11 is 0. The van der Waals surface area contributed by atoms with Crippen LogP contribution in [0.15, 0.2) is 30.6 Å². The largest absolute Gasteiger partial charge is 0.453 e. The van der Waals surface area contributed by atoms with Crippen LogP contribution in [0, 0.1) is 11.2 Å². The van der Waals surface area contributed by atoms with Crippen LogP contribution in [0.5, 0.6) is 11.5 Å². The summed E-state index contributed by atoms with van der Waals surface area (Å²) in [6.07, 6.45) is 3.27. The molecular weight excluding hydrogens is 235 g/mol. The van der Waals surface area contributed by atoms with Crippen LogP contribution >= 0.6 is 0 Å². The summed E-state index contributed by atoms with van der Waals surface area (Å²) in [4.78, 5) is 0. The maximum Gasteiger partial charge on any atom is 0.165 e. The molecule has 18 heavy (non-hydrogen) atoms. The predicted octanol–water partition coefficient (Wildman–Crippen LogP) is 2.12. The molecule has 1 aromatic carbocycles. The third kappa shape index (κ3) is 2.48. The maximum atomic E-state index is 13.1. The molecular formula is C12H13FN4O. The lowest BCUT2D eigenvalue weighted by Crippen LogP contribution is -2.12. The van der Waals surface area contributed by atoms with Crippen LogP contribution in [0.1, 0.15) is 12.5 Å². The van der Waals surface area contributed by atoms with Gasteiger partial charge in [-0.1, -0.05) is 0 Å². The van der Waals surface area contributed by atoms with Crippen molar-refractivity contribution in [3.63, 3.8) is 0 Å². The van der Waals surface area contributed by atoms with Gasteiger partial charge in [0.1, 0.15) is 17.4 Å². The van der Waals surface area contributed by atoms with Crippen LogP contribution in [0.25, 0.3) is 0 Å². The molecule has 0 amide bonds. The topological polar surface area (TPSA) is 76.9 Å². The first-order valence-electron chi connectivity index (χ1n) is 5.44. The Labute approximate surface area is 103 Å². The number of rotatable bonds is 4. The average molecular weight is 248 g/mol. The van der Waals surface area contributed by atoms with E-state index >= 15 is 0 Å². The van der Waals surface area contributed by atoms with Crippen LogP contribution in [0.4, 0.5) is 4.39 Å². The Morgan fingerprint density at radius 1 is 1.56 bits per heavy atom. The fraction of sp³-hybridized carbons (Fsp3) is 0.167. The molecule has 2 aromatic rings. The number of nitrogens with one attached hydrogen (secondary N) is 1. The van der Waals surface area contributed by atoms with E-state index in [-0.39, 0.29) is 11.4 Å². The molecule has 3 N–H and O–H groups in total. The van der Waals surface area contributed by atoms with Crippen molar-refractivity contribution in [3.05, 3.63) is 42.0 Å². The maximum absolute atomic E-state index is 13.1. The molecule has 0 saturated heterocycles. The number of ether oxygens (including phenoxy) is 1. The van der Waals surface area contributed by atoms with E-state index in [0.29, 0.717) is 11.5 Å². The predicted molar refractivity (Wildman–Crippen MR) is 65.4 cm³/mol. The van der Waals surface area contributed by atoms with Gasteiger partial charge in [-0.15, -0.1) is 0 Å². The van der Waals surface area contributed by atoms with Crippen molar-refractivity contribution >= 4 is 5.84 Å². The van der Waals surface area contributed by atoms with Gasteiger partial charge in [-0.2, -0.15) is 5.10 Å². The molecule has 1 heterocycles. The highest BCUT2D eigenvalue weighted by Crippen LogP contribution is 2.25. The van der Waals surface area contributed by atoms with Crippen molar-refractivity contribution in [3.8, 4) is 11.5 Å². The normalized spacial score (nSPS) is 10.3. The van der Waals surface area contributed by atoms with Gasteiger partial charge in [-0.25, -0.2) is 4.39 Å². The summed E-state index contributed by atoms with van der Waals surface area (Å²) in [5, 5.41) is 11.4. The van der Waals surface area contributed by atoms with Gasteiger partial charge in [0.2, 0.25) is 0 Å². The first-order chi connectivity index (χ1) is 8.60. The Hall–Kier alpha value is -2.37. The Morgan fingerprint density at radius 2 is 2.33 bits per heavy atom. The second-order valence-corrected chi connectivity index (χ2v) is 3.69. The van der Waals surface area contributed by atoms with E-state index in [1.165, 1.54) is 18.2 Å². The minimum absolute atomic E-state index is 0.222. The van der Waals surface area contributed by atoms with Crippen LogP contribution < -0.4 is 10.5 Å². The van der Waals surface area contributed by atoms with Crippen molar-refractivity contribution in [1.29, 1.82) is 5.41 Å². The minimum Gasteiger partial charge on any atom is -0.453 e. The summed E-state index contributed by atoms with van der Waals surface area (Å²) < 4.78 is 20.3. The SMILES string of the molecule is CCn1cc(Oc2ccc(F)cc2C(=N)N)cn1. The number of hydrogen-bond donors (Lipinski definition) is 2. The quantitative estimate of drug-likeness (QED) is 0.642. The standard InChI is InChI=1S/C12H13FN4O/c1-2-17-7-9(6-16-17)18-11-4-3-8(13)5-10(11)12(14)15/h3-7H,2H2,1H3,(H3,14,15). The Kier molecular flexibility index (Phi) is 3.27. The van der Waals surface area contributed by atoms with Gasteiger partial charge in [0.15, 0.2) is 5.75 Å². The zero-order chi connectivity index (χ0) is 13.1. The average Bonchev–Trinajstić information content (AvgIpc) is 2.79. The van der Waals surface area contributed by atoms with Crippen molar-refractivity contribution in [2.24, 2.45) is 5.73 Å². The highest BCUT2D eigenvalue weighted by molar-refractivity contribution is 5.97. The molecule has 94 valence electrons. The lowest BCUT2D eigenvalue weighted by molar-refractivity contribution is 0.478. The molecule has 6 heteroatoms. The number of aromatic nitrogens is 2. The zero-order valence-electron chi connectivity index (χ0n) is 9.85. The van der Waals surface area contributed by atoms with Crippen molar-refractivity contribution in [2.75, 3.05) is 0 Å². The van der Waals surface area contributed by atoms with E-state index in [0.717, 1.165) is 6.54 Å². The lowest BCUT2D eigenvalue weighted by Gasteiger charge is -2.08.